The van der Waals surface area contributed by atoms with Crippen molar-refractivity contribution in [1.29, 1.82) is 0 Å². The van der Waals surface area contributed by atoms with E-state index in [1.807, 2.05) is 0 Å². The van der Waals surface area contributed by atoms with Crippen LogP contribution in [0, 0.1) is 6.92 Å². The monoisotopic (exact) mass is 294 g/mol. The molecule has 0 saturated heterocycles. The maximum atomic E-state index is 12.0. The molecule has 96 valence electrons. The van der Waals surface area contributed by atoms with Crippen LogP contribution in [0.1, 0.15) is 24.8 Å². The van der Waals surface area contributed by atoms with Crippen LogP contribution in [0.3, 0.4) is 0 Å². The van der Waals surface area contributed by atoms with Crippen molar-refractivity contribution in [3.05, 3.63) is 16.0 Å². The van der Waals surface area contributed by atoms with E-state index in [4.69, 9.17) is 17.3 Å². The molecule has 7 heteroatoms. The molecular formula is C10H15ClN2O2S2. The van der Waals surface area contributed by atoms with Gasteiger partial charge in [-0.15, -0.1) is 11.3 Å². The van der Waals surface area contributed by atoms with Gasteiger partial charge in [0.15, 0.2) is 0 Å². The van der Waals surface area contributed by atoms with Crippen LogP contribution in [0.15, 0.2) is 10.3 Å². The lowest BCUT2D eigenvalue weighted by molar-refractivity contribution is 0.251. The first-order chi connectivity index (χ1) is 7.82. The summed E-state index contributed by atoms with van der Waals surface area (Å²) in [4.78, 5) is 0. The van der Waals surface area contributed by atoms with Gasteiger partial charge in [-0.2, -0.15) is 0 Å². The molecule has 1 aromatic heterocycles. The Morgan fingerprint density at radius 3 is 2.65 bits per heavy atom. The second kappa shape index (κ2) is 4.51. The van der Waals surface area contributed by atoms with Crippen LogP contribution in [0.25, 0.3) is 0 Å². The molecule has 1 aromatic rings. The van der Waals surface area contributed by atoms with E-state index in [1.54, 1.807) is 13.0 Å². The Morgan fingerprint density at radius 2 is 2.24 bits per heavy atom. The standard InChI is InChI=1S/C10H15ClN2O2S2/c1-7-5-8(16-9(7)11)17(14,15)13-6-10(12)3-2-4-10/h5,13H,2-4,6,12H2,1H3. The second-order valence-corrected chi connectivity index (χ2v) is 8.21. The molecule has 0 aromatic carbocycles. The van der Waals surface area contributed by atoms with Crippen LogP contribution >= 0.6 is 22.9 Å². The predicted molar refractivity (Wildman–Crippen MR) is 70.0 cm³/mol. The Labute approximate surface area is 110 Å². The first-order valence-corrected chi connectivity index (χ1v) is 8.05. The molecule has 1 aliphatic rings. The maximum Gasteiger partial charge on any atom is 0.250 e. The Bertz CT molecular complexity index is 501. The summed E-state index contributed by atoms with van der Waals surface area (Å²) >= 11 is 6.94. The summed E-state index contributed by atoms with van der Waals surface area (Å²) in [6, 6.07) is 1.58. The van der Waals surface area contributed by atoms with Gasteiger partial charge in [-0.3, -0.25) is 0 Å². The highest BCUT2D eigenvalue weighted by Crippen LogP contribution is 2.31. The zero-order chi connectivity index (χ0) is 12.7. The zero-order valence-corrected chi connectivity index (χ0v) is 11.9. The molecule has 17 heavy (non-hydrogen) atoms. The quantitative estimate of drug-likeness (QED) is 0.890. The van der Waals surface area contributed by atoms with Crippen molar-refractivity contribution in [2.45, 2.75) is 35.9 Å². The summed E-state index contributed by atoms with van der Waals surface area (Å²) in [5, 5.41) is 0. The molecule has 1 saturated carbocycles. The molecule has 0 unspecified atom stereocenters. The third kappa shape index (κ3) is 2.82. The summed E-state index contributed by atoms with van der Waals surface area (Å²) in [6.45, 7) is 2.08. The van der Waals surface area contributed by atoms with E-state index in [2.05, 4.69) is 4.72 Å². The first-order valence-electron chi connectivity index (χ1n) is 5.37. The second-order valence-electron chi connectivity index (χ2n) is 4.56. The summed E-state index contributed by atoms with van der Waals surface area (Å²) in [6.07, 6.45) is 2.82. The van der Waals surface area contributed by atoms with E-state index in [0.29, 0.717) is 10.9 Å². The van der Waals surface area contributed by atoms with Crippen molar-refractivity contribution in [2.75, 3.05) is 6.54 Å². The van der Waals surface area contributed by atoms with Crippen LogP contribution in [-0.4, -0.2) is 20.5 Å². The summed E-state index contributed by atoms with van der Waals surface area (Å²) in [5.41, 5.74) is 6.40. The number of rotatable bonds is 4. The highest BCUT2D eigenvalue weighted by molar-refractivity contribution is 7.91. The topological polar surface area (TPSA) is 72.2 Å². The molecule has 0 radical (unpaired) electrons. The van der Waals surface area contributed by atoms with Crippen LogP contribution in [-0.2, 0) is 10.0 Å². The van der Waals surface area contributed by atoms with Crippen molar-refractivity contribution >= 4 is 33.0 Å². The summed E-state index contributed by atoms with van der Waals surface area (Å²) in [7, 11) is -3.47. The van der Waals surface area contributed by atoms with Gasteiger partial charge >= 0.3 is 0 Å². The van der Waals surface area contributed by atoms with E-state index in [-0.39, 0.29) is 9.75 Å². The van der Waals surface area contributed by atoms with Gasteiger partial charge in [0.2, 0.25) is 10.0 Å². The molecule has 0 bridgehead atoms. The minimum atomic E-state index is -3.47. The molecule has 0 spiro atoms. The molecule has 0 aliphatic heterocycles. The van der Waals surface area contributed by atoms with Crippen molar-refractivity contribution in [2.24, 2.45) is 5.73 Å². The minimum Gasteiger partial charge on any atom is -0.324 e. The Kier molecular flexibility index (Phi) is 3.53. The van der Waals surface area contributed by atoms with Gasteiger partial charge in [-0.25, -0.2) is 13.1 Å². The van der Waals surface area contributed by atoms with E-state index >= 15 is 0 Å². The van der Waals surface area contributed by atoms with Crippen molar-refractivity contribution in [3.8, 4) is 0 Å². The molecule has 2 rings (SSSR count). The number of thiophene rings is 1. The highest BCUT2D eigenvalue weighted by atomic mass is 35.5. The fourth-order valence-electron chi connectivity index (χ4n) is 1.68. The predicted octanol–water partition coefficient (Wildman–Crippen LogP) is 1.87. The number of sulfonamides is 1. The van der Waals surface area contributed by atoms with Gasteiger partial charge < -0.3 is 5.73 Å². The lowest BCUT2D eigenvalue weighted by Gasteiger charge is -2.37. The summed E-state index contributed by atoms with van der Waals surface area (Å²) < 4.78 is 27.3. The average Bonchev–Trinajstić information content (AvgIpc) is 2.54. The average molecular weight is 295 g/mol. The van der Waals surface area contributed by atoms with Gasteiger partial charge in [0, 0.05) is 12.1 Å². The lowest BCUT2D eigenvalue weighted by atomic mass is 9.78. The normalized spacial score (nSPS) is 19.0. The van der Waals surface area contributed by atoms with Gasteiger partial charge in [-0.1, -0.05) is 11.6 Å². The largest absolute Gasteiger partial charge is 0.324 e. The third-order valence-electron chi connectivity index (χ3n) is 3.06. The number of aryl methyl sites for hydroxylation is 1. The van der Waals surface area contributed by atoms with Crippen LogP contribution < -0.4 is 10.5 Å². The first kappa shape index (κ1) is 13.3. The number of hydrogen-bond donors (Lipinski definition) is 2. The van der Waals surface area contributed by atoms with Crippen LogP contribution in [0.4, 0.5) is 0 Å². The van der Waals surface area contributed by atoms with Gasteiger partial charge in [0.25, 0.3) is 0 Å². The third-order valence-corrected chi connectivity index (χ3v) is 6.49. The highest BCUT2D eigenvalue weighted by Gasteiger charge is 2.34. The number of nitrogens with one attached hydrogen (secondary N) is 1. The molecule has 3 N–H and O–H groups in total. The Hall–Kier alpha value is -0.140. The fraction of sp³-hybridized carbons (Fsp3) is 0.600. The molecule has 1 fully saturated rings. The zero-order valence-electron chi connectivity index (χ0n) is 9.49. The smallest absolute Gasteiger partial charge is 0.250 e. The van der Waals surface area contributed by atoms with Gasteiger partial charge in [0.05, 0.1) is 4.34 Å². The van der Waals surface area contributed by atoms with Crippen molar-refractivity contribution in [3.63, 3.8) is 0 Å². The molecule has 1 heterocycles. The molecular weight excluding hydrogens is 280 g/mol. The van der Waals surface area contributed by atoms with Gasteiger partial charge in [0.1, 0.15) is 4.21 Å². The molecule has 4 nitrogen and oxygen atoms in total. The van der Waals surface area contributed by atoms with Gasteiger partial charge in [-0.05, 0) is 37.8 Å². The van der Waals surface area contributed by atoms with Crippen molar-refractivity contribution in [1.82, 2.24) is 4.72 Å². The summed E-state index contributed by atoms with van der Waals surface area (Å²) in [5.74, 6) is 0. The Balaban J connectivity index is 2.08. The number of halogens is 1. The molecule has 0 amide bonds. The molecule has 1 aliphatic carbocycles. The number of nitrogens with two attached hydrogens (primary N) is 1. The van der Waals surface area contributed by atoms with E-state index in [9.17, 15) is 8.42 Å². The SMILES string of the molecule is Cc1cc(S(=O)(=O)NCC2(N)CCC2)sc1Cl. The van der Waals surface area contributed by atoms with Crippen molar-refractivity contribution < 1.29 is 8.42 Å². The lowest BCUT2D eigenvalue weighted by Crippen LogP contribution is -2.54. The van der Waals surface area contributed by atoms with E-state index in [0.717, 1.165) is 36.2 Å². The van der Waals surface area contributed by atoms with E-state index < -0.39 is 10.0 Å². The van der Waals surface area contributed by atoms with Crippen LogP contribution in [0.5, 0.6) is 0 Å². The van der Waals surface area contributed by atoms with Crippen LogP contribution in [0.2, 0.25) is 4.34 Å². The van der Waals surface area contributed by atoms with E-state index in [1.165, 1.54) is 0 Å². The minimum absolute atomic E-state index is 0.253. The number of hydrogen-bond acceptors (Lipinski definition) is 4. The maximum absolute atomic E-state index is 12.0. The molecule has 0 atom stereocenters. The Morgan fingerprint density at radius 1 is 1.59 bits per heavy atom. The fourth-order valence-corrected chi connectivity index (χ4v) is 4.57.